The van der Waals surface area contributed by atoms with E-state index in [9.17, 15) is 4.39 Å². The van der Waals surface area contributed by atoms with Crippen molar-refractivity contribution in [2.75, 3.05) is 11.4 Å². The largest absolute Gasteiger partial charge is 0.382 e. The monoisotopic (exact) mass is 258 g/mol. The molecular formula is C14H15FN4. The van der Waals surface area contributed by atoms with Gasteiger partial charge in [0.05, 0.1) is 17.6 Å². The van der Waals surface area contributed by atoms with Crippen LogP contribution in [-0.4, -0.2) is 17.4 Å². The van der Waals surface area contributed by atoms with Crippen LogP contribution >= 0.6 is 0 Å². The highest BCUT2D eigenvalue weighted by Gasteiger charge is 2.12. The molecule has 98 valence electrons. The lowest BCUT2D eigenvalue weighted by atomic mass is 10.2. The van der Waals surface area contributed by atoms with Crippen LogP contribution in [0.5, 0.6) is 0 Å². The Kier molecular flexibility index (Phi) is 3.75. The van der Waals surface area contributed by atoms with Crippen LogP contribution in [0.1, 0.15) is 12.6 Å². The van der Waals surface area contributed by atoms with E-state index < -0.39 is 0 Å². The van der Waals surface area contributed by atoms with Gasteiger partial charge in [-0.15, -0.1) is 0 Å². The van der Waals surface area contributed by atoms with Crippen molar-refractivity contribution in [3.63, 3.8) is 0 Å². The van der Waals surface area contributed by atoms with E-state index in [4.69, 9.17) is 11.1 Å². The van der Waals surface area contributed by atoms with Gasteiger partial charge >= 0.3 is 0 Å². The van der Waals surface area contributed by atoms with Gasteiger partial charge in [-0.2, -0.15) is 0 Å². The summed E-state index contributed by atoms with van der Waals surface area (Å²) in [6.07, 6.45) is 1.59. The molecule has 0 aliphatic carbocycles. The molecule has 0 bridgehead atoms. The highest BCUT2D eigenvalue weighted by Crippen LogP contribution is 2.26. The van der Waals surface area contributed by atoms with Gasteiger partial charge < -0.3 is 10.6 Å². The molecule has 3 N–H and O–H groups in total. The second kappa shape index (κ2) is 5.48. The van der Waals surface area contributed by atoms with E-state index in [1.54, 1.807) is 36.5 Å². The second-order valence-electron chi connectivity index (χ2n) is 4.01. The van der Waals surface area contributed by atoms with Crippen LogP contribution in [0.2, 0.25) is 0 Å². The van der Waals surface area contributed by atoms with E-state index in [0.717, 1.165) is 5.69 Å². The number of hydrogen-bond acceptors (Lipinski definition) is 3. The number of benzene rings is 1. The number of nitrogens with one attached hydrogen (secondary N) is 1. The topological polar surface area (TPSA) is 66.0 Å². The van der Waals surface area contributed by atoms with Crippen LogP contribution in [0.15, 0.2) is 42.6 Å². The van der Waals surface area contributed by atoms with Gasteiger partial charge in [-0.1, -0.05) is 12.1 Å². The molecular weight excluding hydrogens is 243 g/mol. The van der Waals surface area contributed by atoms with Crippen molar-refractivity contribution in [2.45, 2.75) is 6.92 Å². The molecule has 1 aromatic heterocycles. The maximum absolute atomic E-state index is 13.8. The van der Waals surface area contributed by atoms with E-state index in [2.05, 4.69) is 4.98 Å². The Morgan fingerprint density at radius 3 is 2.58 bits per heavy atom. The third-order valence-electron chi connectivity index (χ3n) is 2.79. The van der Waals surface area contributed by atoms with Gasteiger partial charge in [0.2, 0.25) is 0 Å². The SMILES string of the molecule is CCN(c1ccc(C(=N)N)nc1)c1ccccc1F. The average Bonchev–Trinajstić information content (AvgIpc) is 2.42. The highest BCUT2D eigenvalue weighted by molar-refractivity contribution is 5.93. The fourth-order valence-corrected chi connectivity index (χ4v) is 1.87. The van der Waals surface area contributed by atoms with E-state index >= 15 is 0 Å². The molecule has 0 saturated heterocycles. The molecule has 0 radical (unpaired) electrons. The zero-order valence-electron chi connectivity index (χ0n) is 10.6. The molecule has 2 aromatic rings. The molecule has 0 aliphatic rings. The zero-order chi connectivity index (χ0) is 13.8. The number of nitrogens with zero attached hydrogens (tertiary/aromatic N) is 2. The Morgan fingerprint density at radius 2 is 2.05 bits per heavy atom. The number of pyridine rings is 1. The molecule has 19 heavy (non-hydrogen) atoms. The molecule has 1 aromatic carbocycles. The Morgan fingerprint density at radius 1 is 1.32 bits per heavy atom. The number of nitrogen functional groups attached to an aromatic ring is 1. The van der Waals surface area contributed by atoms with Gasteiger partial charge in [-0.3, -0.25) is 10.4 Å². The third-order valence-corrected chi connectivity index (χ3v) is 2.79. The minimum absolute atomic E-state index is 0.0829. The molecule has 4 nitrogen and oxygen atoms in total. The van der Waals surface area contributed by atoms with Crippen molar-refractivity contribution >= 4 is 17.2 Å². The van der Waals surface area contributed by atoms with E-state index in [0.29, 0.717) is 17.9 Å². The van der Waals surface area contributed by atoms with Crippen LogP contribution in [0.3, 0.4) is 0 Å². The van der Waals surface area contributed by atoms with Gasteiger partial charge in [0, 0.05) is 6.54 Å². The van der Waals surface area contributed by atoms with Gasteiger partial charge in [0.1, 0.15) is 17.3 Å². The zero-order valence-corrected chi connectivity index (χ0v) is 10.6. The minimum Gasteiger partial charge on any atom is -0.382 e. The van der Waals surface area contributed by atoms with Crippen molar-refractivity contribution in [3.05, 3.63) is 54.1 Å². The number of amidine groups is 1. The highest BCUT2D eigenvalue weighted by atomic mass is 19.1. The molecule has 2 rings (SSSR count). The first-order chi connectivity index (χ1) is 9.13. The molecule has 0 unspecified atom stereocenters. The van der Waals surface area contributed by atoms with Crippen LogP contribution in [0, 0.1) is 11.2 Å². The smallest absolute Gasteiger partial charge is 0.146 e. The van der Waals surface area contributed by atoms with Crippen molar-refractivity contribution in [2.24, 2.45) is 5.73 Å². The quantitative estimate of drug-likeness (QED) is 0.654. The summed E-state index contributed by atoms with van der Waals surface area (Å²) >= 11 is 0. The molecule has 1 heterocycles. The number of rotatable bonds is 4. The van der Waals surface area contributed by atoms with Crippen molar-refractivity contribution in [1.29, 1.82) is 5.41 Å². The van der Waals surface area contributed by atoms with Gasteiger partial charge in [-0.25, -0.2) is 4.39 Å². The maximum Gasteiger partial charge on any atom is 0.146 e. The lowest BCUT2D eigenvalue weighted by molar-refractivity contribution is 0.625. The number of para-hydroxylation sites is 1. The predicted octanol–water partition coefficient (Wildman–Crippen LogP) is 2.66. The number of anilines is 2. The minimum atomic E-state index is -0.278. The van der Waals surface area contributed by atoms with Gasteiger partial charge in [-0.05, 0) is 31.2 Å². The predicted molar refractivity (Wildman–Crippen MR) is 74.3 cm³/mol. The Labute approximate surface area is 111 Å². The summed E-state index contributed by atoms with van der Waals surface area (Å²) in [4.78, 5) is 5.90. The average molecular weight is 258 g/mol. The van der Waals surface area contributed by atoms with E-state index in [-0.39, 0.29) is 11.7 Å². The van der Waals surface area contributed by atoms with Crippen LogP contribution in [-0.2, 0) is 0 Å². The summed E-state index contributed by atoms with van der Waals surface area (Å²) < 4.78 is 13.8. The summed E-state index contributed by atoms with van der Waals surface area (Å²) in [7, 11) is 0. The summed E-state index contributed by atoms with van der Waals surface area (Å²) in [5, 5.41) is 7.30. The van der Waals surface area contributed by atoms with Gasteiger partial charge in [0.15, 0.2) is 0 Å². The first-order valence-electron chi connectivity index (χ1n) is 5.96. The number of nitrogens with two attached hydrogens (primary N) is 1. The Hall–Kier alpha value is -2.43. The first kappa shape index (κ1) is 13.0. The molecule has 0 fully saturated rings. The summed E-state index contributed by atoms with van der Waals surface area (Å²) in [5.41, 5.74) is 7.03. The Balaban J connectivity index is 2.37. The third kappa shape index (κ3) is 2.70. The first-order valence-corrected chi connectivity index (χ1v) is 5.96. The second-order valence-corrected chi connectivity index (χ2v) is 4.01. The molecule has 0 amide bonds. The molecule has 0 saturated carbocycles. The number of aromatic nitrogens is 1. The molecule has 0 atom stereocenters. The molecule has 0 aliphatic heterocycles. The standard InChI is InChI=1S/C14H15FN4/c1-2-19(13-6-4-3-5-11(13)15)10-7-8-12(14(16)17)18-9-10/h3-9H,2H2,1H3,(H3,16,17). The Bertz CT molecular complexity index is 580. The normalized spacial score (nSPS) is 10.2. The number of hydrogen-bond donors (Lipinski definition) is 2. The number of halogens is 1. The molecule has 5 heteroatoms. The molecule has 0 spiro atoms. The lowest BCUT2D eigenvalue weighted by Gasteiger charge is -2.23. The van der Waals surface area contributed by atoms with Crippen molar-refractivity contribution < 1.29 is 4.39 Å². The van der Waals surface area contributed by atoms with Crippen LogP contribution < -0.4 is 10.6 Å². The lowest BCUT2D eigenvalue weighted by Crippen LogP contribution is -2.18. The summed E-state index contributed by atoms with van der Waals surface area (Å²) in [5.74, 6) is -0.361. The van der Waals surface area contributed by atoms with Crippen LogP contribution in [0.4, 0.5) is 15.8 Å². The van der Waals surface area contributed by atoms with Crippen molar-refractivity contribution in [1.82, 2.24) is 4.98 Å². The maximum atomic E-state index is 13.8. The fraction of sp³-hybridized carbons (Fsp3) is 0.143. The fourth-order valence-electron chi connectivity index (χ4n) is 1.87. The van der Waals surface area contributed by atoms with E-state index in [1.165, 1.54) is 6.07 Å². The van der Waals surface area contributed by atoms with Gasteiger partial charge in [0.25, 0.3) is 0 Å². The van der Waals surface area contributed by atoms with E-state index in [1.807, 2.05) is 11.8 Å². The van der Waals surface area contributed by atoms with Crippen LogP contribution in [0.25, 0.3) is 0 Å². The summed E-state index contributed by atoms with van der Waals surface area (Å²) in [6.45, 7) is 2.55. The van der Waals surface area contributed by atoms with Crippen molar-refractivity contribution in [3.8, 4) is 0 Å². The summed E-state index contributed by atoms with van der Waals surface area (Å²) in [6, 6.07) is 10.0.